The first-order valence-corrected chi connectivity index (χ1v) is 9.26. The first-order chi connectivity index (χ1) is 11.0. The van der Waals surface area contributed by atoms with Gasteiger partial charge in [-0.25, -0.2) is 0 Å². The number of rotatable bonds is 5. The highest BCUT2D eigenvalue weighted by Gasteiger charge is 2.23. The molecule has 1 N–H and O–H groups in total. The van der Waals surface area contributed by atoms with Gasteiger partial charge in [-0.1, -0.05) is 25.5 Å². The molecular weight excluding hydrogens is 302 g/mol. The van der Waals surface area contributed by atoms with Crippen LogP contribution < -0.4 is 5.32 Å². The van der Waals surface area contributed by atoms with Crippen molar-refractivity contribution in [3.8, 4) is 0 Å². The molecule has 0 bridgehead atoms. The Morgan fingerprint density at radius 1 is 1.30 bits per heavy atom. The molecular formula is C19H31N3S. The molecule has 1 fully saturated rings. The lowest BCUT2D eigenvalue weighted by atomic mass is 10.0. The van der Waals surface area contributed by atoms with Crippen molar-refractivity contribution >= 4 is 23.0 Å². The van der Waals surface area contributed by atoms with Crippen molar-refractivity contribution in [1.82, 2.24) is 9.80 Å². The minimum absolute atomic E-state index is 0.710. The van der Waals surface area contributed by atoms with Crippen LogP contribution in [-0.2, 0) is 0 Å². The van der Waals surface area contributed by atoms with Crippen LogP contribution in [0.3, 0.4) is 0 Å². The van der Waals surface area contributed by atoms with E-state index in [-0.39, 0.29) is 0 Å². The highest BCUT2D eigenvalue weighted by molar-refractivity contribution is 7.80. The molecule has 1 aromatic rings. The second-order valence-electron chi connectivity index (χ2n) is 6.73. The third-order valence-electron chi connectivity index (χ3n) is 5.09. The Bertz CT molecular complexity index is 521. The Labute approximate surface area is 147 Å². The van der Waals surface area contributed by atoms with Gasteiger partial charge in [-0.05, 0) is 76.1 Å². The van der Waals surface area contributed by atoms with Crippen LogP contribution in [0, 0.1) is 13.8 Å². The molecule has 1 aliphatic rings. The van der Waals surface area contributed by atoms with E-state index in [1.54, 1.807) is 0 Å². The van der Waals surface area contributed by atoms with Crippen LogP contribution in [0.1, 0.15) is 43.7 Å². The van der Waals surface area contributed by atoms with Crippen molar-refractivity contribution in [3.05, 3.63) is 29.3 Å². The lowest BCUT2D eigenvalue weighted by molar-refractivity contribution is 0.163. The molecule has 1 heterocycles. The Hall–Kier alpha value is -1.13. The molecule has 0 atom stereocenters. The van der Waals surface area contributed by atoms with Crippen molar-refractivity contribution in [1.29, 1.82) is 0 Å². The van der Waals surface area contributed by atoms with E-state index in [9.17, 15) is 0 Å². The quantitative estimate of drug-likeness (QED) is 0.814. The molecule has 0 radical (unpaired) electrons. The second-order valence-corrected chi connectivity index (χ2v) is 7.12. The van der Waals surface area contributed by atoms with E-state index in [2.05, 4.69) is 61.1 Å². The zero-order valence-electron chi connectivity index (χ0n) is 15.1. The zero-order valence-corrected chi connectivity index (χ0v) is 15.9. The van der Waals surface area contributed by atoms with Gasteiger partial charge in [0.2, 0.25) is 0 Å². The summed E-state index contributed by atoms with van der Waals surface area (Å²) in [5.41, 5.74) is 3.72. The maximum atomic E-state index is 5.63. The Morgan fingerprint density at radius 2 is 2.00 bits per heavy atom. The number of likely N-dealkylation sites (tertiary alicyclic amines) is 1. The highest BCUT2D eigenvalue weighted by atomic mass is 32.1. The number of nitrogens with zero attached hydrogens (tertiary/aromatic N) is 2. The van der Waals surface area contributed by atoms with Crippen LogP contribution in [0.2, 0.25) is 0 Å². The third kappa shape index (κ3) is 4.92. The van der Waals surface area contributed by atoms with Gasteiger partial charge in [0.1, 0.15) is 0 Å². The summed E-state index contributed by atoms with van der Waals surface area (Å²) in [5, 5.41) is 4.31. The van der Waals surface area contributed by atoms with Crippen molar-refractivity contribution in [2.24, 2.45) is 0 Å². The molecule has 3 nitrogen and oxygen atoms in total. The molecule has 4 heteroatoms. The molecule has 1 aliphatic heterocycles. The monoisotopic (exact) mass is 333 g/mol. The van der Waals surface area contributed by atoms with E-state index in [1.807, 2.05) is 0 Å². The number of unbranched alkanes of at least 4 members (excludes halogenated alkanes) is 1. The molecule has 2 rings (SSSR count). The predicted molar refractivity (Wildman–Crippen MR) is 104 cm³/mol. The second kappa shape index (κ2) is 8.65. The van der Waals surface area contributed by atoms with E-state index in [0.717, 1.165) is 23.9 Å². The van der Waals surface area contributed by atoms with Gasteiger partial charge in [-0.3, -0.25) is 0 Å². The molecule has 128 valence electrons. The average molecular weight is 334 g/mol. The highest BCUT2D eigenvalue weighted by Crippen LogP contribution is 2.20. The molecule has 23 heavy (non-hydrogen) atoms. The first kappa shape index (κ1) is 18.2. The summed E-state index contributed by atoms with van der Waals surface area (Å²) < 4.78 is 0. The van der Waals surface area contributed by atoms with Crippen LogP contribution in [0.5, 0.6) is 0 Å². The summed E-state index contributed by atoms with van der Waals surface area (Å²) in [7, 11) is 2.27. The van der Waals surface area contributed by atoms with E-state index >= 15 is 0 Å². The molecule has 1 saturated heterocycles. The van der Waals surface area contributed by atoms with Crippen LogP contribution in [0.15, 0.2) is 18.2 Å². The number of benzene rings is 1. The van der Waals surface area contributed by atoms with Crippen LogP contribution >= 0.6 is 12.2 Å². The predicted octanol–water partition coefficient (Wildman–Crippen LogP) is 4.20. The standard InChI is InChI=1S/C19H31N3S/c1-5-6-12-21(4)17-10-13-22(14-11-17)19(23)20-18-9-7-8-15(2)16(18)3/h7-9,17H,5-6,10-14H2,1-4H3,(H,20,23). The fourth-order valence-electron chi connectivity index (χ4n) is 3.18. The van der Waals surface area contributed by atoms with Gasteiger partial charge in [0.25, 0.3) is 0 Å². The van der Waals surface area contributed by atoms with Crippen molar-refractivity contribution in [2.45, 2.75) is 52.5 Å². The lowest BCUT2D eigenvalue weighted by Gasteiger charge is -2.38. The van der Waals surface area contributed by atoms with E-state index in [0.29, 0.717) is 6.04 Å². The summed E-state index contributed by atoms with van der Waals surface area (Å²) in [6.07, 6.45) is 4.97. The minimum Gasteiger partial charge on any atom is -0.349 e. The number of hydrogen-bond donors (Lipinski definition) is 1. The molecule has 0 spiro atoms. The number of nitrogens with one attached hydrogen (secondary N) is 1. The Morgan fingerprint density at radius 3 is 2.65 bits per heavy atom. The molecule has 0 unspecified atom stereocenters. The van der Waals surface area contributed by atoms with E-state index < -0.39 is 0 Å². The maximum absolute atomic E-state index is 5.63. The molecule has 1 aromatic carbocycles. The maximum Gasteiger partial charge on any atom is 0.173 e. The van der Waals surface area contributed by atoms with E-state index in [1.165, 1.54) is 43.4 Å². The van der Waals surface area contributed by atoms with Gasteiger partial charge in [0.15, 0.2) is 5.11 Å². The molecule has 0 aliphatic carbocycles. The van der Waals surface area contributed by atoms with Crippen molar-refractivity contribution < 1.29 is 0 Å². The number of hydrogen-bond acceptors (Lipinski definition) is 2. The van der Waals surface area contributed by atoms with Crippen LogP contribution in [-0.4, -0.2) is 47.6 Å². The fraction of sp³-hybridized carbons (Fsp3) is 0.632. The Kier molecular flexibility index (Phi) is 6.85. The number of anilines is 1. The summed E-state index contributed by atoms with van der Waals surface area (Å²) >= 11 is 5.63. The number of thiocarbonyl (C=S) groups is 1. The van der Waals surface area contributed by atoms with Crippen LogP contribution in [0.4, 0.5) is 5.69 Å². The number of aryl methyl sites for hydroxylation is 1. The fourth-order valence-corrected chi connectivity index (χ4v) is 3.47. The summed E-state index contributed by atoms with van der Waals surface area (Å²) in [6, 6.07) is 7.05. The van der Waals surface area contributed by atoms with Crippen molar-refractivity contribution in [3.63, 3.8) is 0 Å². The normalized spacial score (nSPS) is 16.0. The smallest absolute Gasteiger partial charge is 0.173 e. The molecule has 0 amide bonds. The Balaban J connectivity index is 1.85. The SMILES string of the molecule is CCCCN(C)C1CCN(C(=S)Nc2cccc(C)c2C)CC1. The minimum atomic E-state index is 0.710. The summed E-state index contributed by atoms with van der Waals surface area (Å²) in [5.74, 6) is 0. The topological polar surface area (TPSA) is 18.5 Å². The van der Waals surface area contributed by atoms with Gasteiger partial charge in [-0.2, -0.15) is 0 Å². The average Bonchev–Trinajstić information content (AvgIpc) is 2.57. The van der Waals surface area contributed by atoms with Crippen LogP contribution in [0.25, 0.3) is 0 Å². The number of piperidine rings is 1. The van der Waals surface area contributed by atoms with Gasteiger partial charge < -0.3 is 15.1 Å². The zero-order chi connectivity index (χ0) is 16.8. The lowest BCUT2D eigenvalue weighted by Crippen LogP contribution is -2.47. The summed E-state index contributed by atoms with van der Waals surface area (Å²) in [4.78, 5) is 4.85. The molecule has 0 saturated carbocycles. The van der Waals surface area contributed by atoms with E-state index in [4.69, 9.17) is 12.2 Å². The molecule has 0 aromatic heterocycles. The van der Waals surface area contributed by atoms with Gasteiger partial charge >= 0.3 is 0 Å². The summed E-state index contributed by atoms with van der Waals surface area (Å²) in [6.45, 7) is 9.87. The van der Waals surface area contributed by atoms with Gasteiger partial charge in [-0.15, -0.1) is 0 Å². The third-order valence-corrected chi connectivity index (χ3v) is 5.45. The van der Waals surface area contributed by atoms with Gasteiger partial charge in [0.05, 0.1) is 0 Å². The van der Waals surface area contributed by atoms with Gasteiger partial charge in [0, 0.05) is 24.8 Å². The first-order valence-electron chi connectivity index (χ1n) is 8.85. The largest absolute Gasteiger partial charge is 0.349 e. The van der Waals surface area contributed by atoms with Crippen molar-refractivity contribution in [2.75, 3.05) is 32.0 Å².